The fourth-order valence-corrected chi connectivity index (χ4v) is 5.13. The highest BCUT2D eigenvalue weighted by molar-refractivity contribution is 7.09. The Hall–Kier alpha value is -3.50. The van der Waals surface area contributed by atoms with Crippen LogP contribution in [0.15, 0.2) is 47.8 Å². The maximum absolute atomic E-state index is 14.1. The highest BCUT2D eigenvalue weighted by Crippen LogP contribution is 2.32. The number of aromatic nitrogens is 1. The van der Waals surface area contributed by atoms with Crippen LogP contribution in [-0.2, 0) is 0 Å². The lowest BCUT2D eigenvalue weighted by Gasteiger charge is -2.31. The smallest absolute Gasteiger partial charge is 0.289 e. The summed E-state index contributed by atoms with van der Waals surface area (Å²) in [7, 11) is 0. The summed E-state index contributed by atoms with van der Waals surface area (Å²) in [5.41, 5.74) is 5.18. The molecule has 2 N–H and O–H groups in total. The SMILES string of the molecule is CCOc1cccc(C(=O)NNC(=O)c2csc(C3CCN(C(=O)c4c(F)cccc4Cl)CC3)n2)c1. The van der Waals surface area contributed by atoms with Gasteiger partial charge in [0.25, 0.3) is 17.7 Å². The first kappa shape index (κ1) is 25.6. The summed E-state index contributed by atoms with van der Waals surface area (Å²) >= 11 is 7.38. The molecule has 0 atom stereocenters. The number of nitrogens with one attached hydrogen (secondary N) is 2. The van der Waals surface area contributed by atoms with Crippen molar-refractivity contribution < 1.29 is 23.5 Å². The third-order valence-electron chi connectivity index (χ3n) is 5.76. The second kappa shape index (κ2) is 11.5. The second-order valence-electron chi connectivity index (χ2n) is 8.10. The number of carbonyl (C=O) groups is 3. The zero-order valence-corrected chi connectivity index (χ0v) is 21.0. The van der Waals surface area contributed by atoms with Crippen LogP contribution in [0.3, 0.4) is 0 Å². The van der Waals surface area contributed by atoms with E-state index in [1.807, 2.05) is 6.92 Å². The van der Waals surface area contributed by atoms with Gasteiger partial charge in [-0.15, -0.1) is 11.3 Å². The molecule has 3 amide bonds. The fourth-order valence-electron chi connectivity index (χ4n) is 3.91. The van der Waals surface area contributed by atoms with E-state index >= 15 is 0 Å². The van der Waals surface area contributed by atoms with Crippen molar-refractivity contribution in [2.24, 2.45) is 0 Å². The molecule has 11 heteroatoms. The Morgan fingerprint density at radius 1 is 1.14 bits per heavy atom. The van der Waals surface area contributed by atoms with E-state index in [0.29, 0.717) is 43.9 Å². The average molecular weight is 531 g/mol. The molecule has 4 rings (SSSR count). The van der Waals surface area contributed by atoms with E-state index in [1.165, 1.54) is 29.5 Å². The average Bonchev–Trinajstić information content (AvgIpc) is 3.38. The molecule has 1 saturated heterocycles. The minimum atomic E-state index is -0.640. The Balaban J connectivity index is 1.30. The molecule has 1 aliphatic heterocycles. The lowest BCUT2D eigenvalue weighted by Crippen LogP contribution is -2.41. The van der Waals surface area contributed by atoms with Crippen LogP contribution < -0.4 is 15.6 Å². The van der Waals surface area contributed by atoms with Gasteiger partial charge in [-0.25, -0.2) is 9.37 Å². The van der Waals surface area contributed by atoms with Gasteiger partial charge < -0.3 is 9.64 Å². The summed E-state index contributed by atoms with van der Waals surface area (Å²) in [5.74, 6) is -1.46. The van der Waals surface area contributed by atoms with Gasteiger partial charge in [-0.3, -0.25) is 25.2 Å². The second-order valence-corrected chi connectivity index (χ2v) is 9.40. The van der Waals surface area contributed by atoms with E-state index in [4.69, 9.17) is 16.3 Å². The molecule has 36 heavy (non-hydrogen) atoms. The number of piperidine rings is 1. The van der Waals surface area contributed by atoms with Gasteiger partial charge >= 0.3 is 0 Å². The quantitative estimate of drug-likeness (QED) is 0.459. The molecule has 1 aromatic heterocycles. The molecule has 0 bridgehead atoms. The Kier molecular flexibility index (Phi) is 8.17. The molecule has 0 radical (unpaired) electrons. The van der Waals surface area contributed by atoms with E-state index in [1.54, 1.807) is 34.5 Å². The van der Waals surface area contributed by atoms with Crippen molar-refractivity contribution in [3.05, 3.63) is 80.5 Å². The minimum Gasteiger partial charge on any atom is -0.494 e. The first-order valence-electron chi connectivity index (χ1n) is 11.4. The normalized spacial score (nSPS) is 13.8. The topological polar surface area (TPSA) is 101 Å². The highest BCUT2D eigenvalue weighted by Gasteiger charge is 2.29. The number of nitrogens with zero attached hydrogens (tertiary/aromatic N) is 2. The number of hydrogen-bond donors (Lipinski definition) is 2. The maximum atomic E-state index is 14.1. The number of hydrazine groups is 1. The molecule has 188 valence electrons. The molecule has 0 spiro atoms. The molecular formula is C25H24ClFN4O4S. The molecule has 1 aliphatic rings. The number of halogens is 2. The largest absolute Gasteiger partial charge is 0.494 e. The van der Waals surface area contributed by atoms with E-state index in [2.05, 4.69) is 15.8 Å². The van der Waals surface area contributed by atoms with E-state index in [9.17, 15) is 18.8 Å². The molecule has 0 unspecified atom stereocenters. The van der Waals surface area contributed by atoms with Crippen LogP contribution in [0, 0.1) is 5.82 Å². The summed E-state index contributed by atoms with van der Waals surface area (Å²) in [4.78, 5) is 43.6. The van der Waals surface area contributed by atoms with Gasteiger partial charge in [-0.1, -0.05) is 23.7 Å². The first-order valence-corrected chi connectivity index (χ1v) is 12.7. The Morgan fingerprint density at radius 3 is 2.58 bits per heavy atom. The van der Waals surface area contributed by atoms with Crippen molar-refractivity contribution in [3.63, 3.8) is 0 Å². The lowest BCUT2D eigenvalue weighted by molar-refractivity contribution is 0.0708. The van der Waals surface area contributed by atoms with Crippen LogP contribution in [-0.4, -0.2) is 47.3 Å². The van der Waals surface area contributed by atoms with Crippen LogP contribution in [0.1, 0.15) is 61.9 Å². The zero-order chi connectivity index (χ0) is 25.7. The summed E-state index contributed by atoms with van der Waals surface area (Å²) in [6.45, 7) is 3.17. The standard InChI is InChI=1S/C25H24ClFN4O4S/c1-2-35-17-6-3-5-16(13-17)22(32)29-30-23(33)20-14-36-24(28-20)15-9-11-31(12-10-15)25(34)21-18(26)7-4-8-19(21)27/h3-8,13-15H,2,9-12H2,1H3,(H,29,32)(H,30,33). The van der Waals surface area contributed by atoms with Crippen LogP contribution in [0.2, 0.25) is 5.02 Å². The monoisotopic (exact) mass is 530 g/mol. The summed E-state index contributed by atoms with van der Waals surface area (Å²) in [6.07, 6.45) is 1.25. The predicted octanol–water partition coefficient (Wildman–Crippen LogP) is 4.43. The van der Waals surface area contributed by atoms with Crippen molar-refractivity contribution in [2.45, 2.75) is 25.7 Å². The first-order chi connectivity index (χ1) is 17.4. The van der Waals surface area contributed by atoms with Crippen LogP contribution >= 0.6 is 22.9 Å². The number of amides is 3. The Labute approximate surface area is 216 Å². The molecule has 2 aromatic carbocycles. The molecule has 0 aliphatic carbocycles. The molecular weight excluding hydrogens is 507 g/mol. The van der Waals surface area contributed by atoms with Crippen LogP contribution in [0.5, 0.6) is 5.75 Å². The summed E-state index contributed by atoms with van der Waals surface area (Å²) < 4.78 is 19.5. The lowest BCUT2D eigenvalue weighted by atomic mass is 9.97. The third-order valence-corrected chi connectivity index (χ3v) is 7.08. The number of benzene rings is 2. The number of ether oxygens (including phenoxy) is 1. The Morgan fingerprint density at radius 2 is 1.86 bits per heavy atom. The van der Waals surface area contributed by atoms with Crippen molar-refractivity contribution in [1.29, 1.82) is 0 Å². The number of hydrogen-bond acceptors (Lipinski definition) is 6. The molecule has 2 heterocycles. The molecule has 0 saturated carbocycles. The van der Waals surface area contributed by atoms with Gasteiger partial charge in [-0.2, -0.15) is 0 Å². The van der Waals surface area contributed by atoms with Crippen molar-refractivity contribution in [3.8, 4) is 5.75 Å². The van der Waals surface area contributed by atoms with Gasteiger partial charge in [0, 0.05) is 30.0 Å². The number of carbonyl (C=O) groups excluding carboxylic acids is 3. The van der Waals surface area contributed by atoms with Gasteiger partial charge in [0.2, 0.25) is 0 Å². The van der Waals surface area contributed by atoms with E-state index in [0.717, 1.165) is 5.01 Å². The van der Waals surface area contributed by atoms with Crippen LogP contribution in [0.25, 0.3) is 0 Å². The van der Waals surface area contributed by atoms with Gasteiger partial charge in [0.05, 0.1) is 22.2 Å². The molecule has 1 fully saturated rings. The zero-order valence-electron chi connectivity index (χ0n) is 19.4. The van der Waals surface area contributed by atoms with E-state index in [-0.39, 0.29) is 22.2 Å². The van der Waals surface area contributed by atoms with Gasteiger partial charge in [-0.05, 0) is 50.1 Å². The predicted molar refractivity (Wildman–Crippen MR) is 134 cm³/mol. The summed E-state index contributed by atoms with van der Waals surface area (Å²) in [5, 5.41) is 2.49. The van der Waals surface area contributed by atoms with E-state index < -0.39 is 23.5 Å². The van der Waals surface area contributed by atoms with Crippen molar-refractivity contribution in [1.82, 2.24) is 20.7 Å². The highest BCUT2D eigenvalue weighted by atomic mass is 35.5. The fraction of sp³-hybridized carbons (Fsp3) is 0.280. The van der Waals surface area contributed by atoms with Crippen LogP contribution in [0.4, 0.5) is 4.39 Å². The van der Waals surface area contributed by atoms with Gasteiger partial charge in [0.15, 0.2) is 0 Å². The van der Waals surface area contributed by atoms with Crippen molar-refractivity contribution in [2.75, 3.05) is 19.7 Å². The number of likely N-dealkylation sites (tertiary alicyclic amines) is 1. The Bertz CT molecular complexity index is 1260. The molecule has 3 aromatic rings. The molecule has 8 nitrogen and oxygen atoms in total. The number of rotatable bonds is 6. The minimum absolute atomic E-state index is 0.0626. The van der Waals surface area contributed by atoms with Gasteiger partial charge in [0.1, 0.15) is 17.3 Å². The van der Waals surface area contributed by atoms with Crippen molar-refractivity contribution >= 4 is 40.7 Å². The number of thiazole rings is 1. The third kappa shape index (κ3) is 5.83. The summed E-state index contributed by atoms with van der Waals surface area (Å²) in [6, 6.07) is 10.8. The maximum Gasteiger partial charge on any atom is 0.289 e.